The zero-order valence-electron chi connectivity index (χ0n) is 10.5. The Morgan fingerprint density at radius 3 is 2.53 bits per heavy atom. The van der Waals surface area contributed by atoms with Crippen molar-refractivity contribution < 1.29 is 4.79 Å². The molecule has 2 atom stereocenters. The highest BCUT2D eigenvalue weighted by atomic mass is 35.5. The normalized spacial score (nSPS) is 29.3. The van der Waals surface area contributed by atoms with Gasteiger partial charge in [-0.2, -0.15) is 0 Å². The molecule has 2 N–H and O–H groups in total. The van der Waals surface area contributed by atoms with E-state index in [1.807, 2.05) is 0 Å². The summed E-state index contributed by atoms with van der Waals surface area (Å²) in [6, 6.07) is 6.33. The minimum absolute atomic E-state index is 0.104. The highest BCUT2D eigenvalue weighted by molar-refractivity contribution is 6.36. The fraction of sp³-hybridized carbons (Fsp3) is 0.500. The van der Waals surface area contributed by atoms with Crippen molar-refractivity contribution in [3.8, 4) is 0 Å². The van der Waals surface area contributed by atoms with E-state index in [-0.39, 0.29) is 11.9 Å². The molecule has 2 saturated heterocycles. The van der Waals surface area contributed by atoms with E-state index in [0.29, 0.717) is 27.7 Å². The maximum Gasteiger partial charge on any atom is 0.253 e. The summed E-state index contributed by atoms with van der Waals surface area (Å²) in [6.45, 7) is 0. The average Bonchev–Trinajstić information content (AvgIpc) is 2.68. The van der Waals surface area contributed by atoms with Crippen LogP contribution in [0.1, 0.15) is 36.0 Å². The van der Waals surface area contributed by atoms with Crippen molar-refractivity contribution in [1.29, 1.82) is 0 Å². The lowest BCUT2D eigenvalue weighted by Crippen LogP contribution is -2.48. The maximum atomic E-state index is 12.2. The Morgan fingerprint density at radius 2 is 1.89 bits per heavy atom. The first-order chi connectivity index (χ1) is 9.11. The Bertz CT molecular complexity index is 494. The van der Waals surface area contributed by atoms with Gasteiger partial charge in [-0.05, 0) is 43.9 Å². The number of rotatable bonds is 2. The largest absolute Gasteiger partial charge is 0.349 e. The standard InChI is InChI=1S/C14H16Cl2N2O/c15-8-1-4-12(13(16)5-8)14(19)18-11-6-9-2-3-10(7-11)17-9/h1,4-5,9-11,17H,2-3,6-7H2,(H,18,19). The highest BCUT2D eigenvalue weighted by Gasteiger charge is 2.34. The van der Waals surface area contributed by atoms with Crippen LogP contribution < -0.4 is 10.6 Å². The van der Waals surface area contributed by atoms with Crippen LogP contribution in [0.25, 0.3) is 0 Å². The van der Waals surface area contributed by atoms with E-state index in [1.165, 1.54) is 12.8 Å². The topological polar surface area (TPSA) is 41.1 Å². The van der Waals surface area contributed by atoms with Gasteiger partial charge in [-0.1, -0.05) is 23.2 Å². The van der Waals surface area contributed by atoms with Crippen LogP contribution in [-0.2, 0) is 0 Å². The van der Waals surface area contributed by atoms with Gasteiger partial charge in [0.15, 0.2) is 0 Å². The molecular weight excluding hydrogens is 283 g/mol. The van der Waals surface area contributed by atoms with Crippen molar-refractivity contribution in [2.75, 3.05) is 0 Å². The van der Waals surface area contributed by atoms with Crippen LogP contribution in [0.4, 0.5) is 0 Å². The van der Waals surface area contributed by atoms with E-state index in [9.17, 15) is 4.79 Å². The summed E-state index contributed by atoms with van der Waals surface area (Å²) in [7, 11) is 0. The minimum atomic E-state index is -0.104. The summed E-state index contributed by atoms with van der Waals surface area (Å²) in [4.78, 5) is 12.2. The number of piperidine rings is 1. The van der Waals surface area contributed by atoms with Crippen molar-refractivity contribution in [2.45, 2.75) is 43.8 Å². The van der Waals surface area contributed by atoms with Gasteiger partial charge in [0.25, 0.3) is 5.91 Å². The lowest BCUT2D eigenvalue weighted by Gasteiger charge is -2.29. The maximum absolute atomic E-state index is 12.2. The number of halogens is 2. The molecule has 2 heterocycles. The van der Waals surface area contributed by atoms with Crippen LogP contribution in [0.5, 0.6) is 0 Å². The van der Waals surface area contributed by atoms with Gasteiger partial charge in [0.1, 0.15) is 0 Å². The molecule has 0 radical (unpaired) electrons. The quantitative estimate of drug-likeness (QED) is 0.881. The predicted octanol–water partition coefficient (Wildman–Crippen LogP) is 3.01. The van der Waals surface area contributed by atoms with Gasteiger partial charge in [-0.25, -0.2) is 0 Å². The van der Waals surface area contributed by atoms with E-state index < -0.39 is 0 Å². The summed E-state index contributed by atoms with van der Waals surface area (Å²) in [5.41, 5.74) is 0.497. The van der Waals surface area contributed by atoms with Crippen molar-refractivity contribution in [1.82, 2.24) is 10.6 Å². The molecule has 0 spiro atoms. The number of hydrogen-bond donors (Lipinski definition) is 2. The van der Waals surface area contributed by atoms with Gasteiger partial charge in [-0.3, -0.25) is 4.79 Å². The second-order valence-corrected chi connectivity index (χ2v) is 6.25. The number of carbonyl (C=O) groups is 1. The van der Waals surface area contributed by atoms with Crippen LogP contribution >= 0.6 is 23.2 Å². The summed E-state index contributed by atoms with van der Waals surface area (Å²) in [5.74, 6) is -0.104. The van der Waals surface area contributed by atoms with Crippen molar-refractivity contribution >= 4 is 29.1 Å². The molecule has 3 nitrogen and oxygen atoms in total. The van der Waals surface area contributed by atoms with Gasteiger partial charge >= 0.3 is 0 Å². The molecule has 1 aromatic carbocycles. The number of fused-ring (bicyclic) bond motifs is 2. The summed E-state index contributed by atoms with van der Waals surface area (Å²) >= 11 is 11.9. The monoisotopic (exact) mass is 298 g/mol. The predicted molar refractivity (Wildman–Crippen MR) is 76.9 cm³/mol. The van der Waals surface area contributed by atoms with Crippen LogP contribution in [0, 0.1) is 0 Å². The molecule has 2 aliphatic rings. The Balaban J connectivity index is 1.68. The molecular formula is C14H16Cl2N2O. The van der Waals surface area contributed by atoms with Crippen LogP contribution in [0.2, 0.25) is 10.0 Å². The Hall–Kier alpha value is -0.770. The second kappa shape index (κ2) is 5.31. The molecule has 102 valence electrons. The SMILES string of the molecule is O=C(NC1CC2CCC(C1)N2)c1ccc(Cl)cc1Cl. The first-order valence-corrected chi connectivity index (χ1v) is 7.39. The second-order valence-electron chi connectivity index (χ2n) is 5.40. The van der Waals surface area contributed by atoms with Gasteiger partial charge in [-0.15, -0.1) is 0 Å². The molecule has 2 bridgehead atoms. The Kier molecular flexibility index (Phi) is 3.70. The number of carbonyl (C=O) groups excluding carboxylic acids is 1. The zero-order valence-corrected chi connectivity index (χ0v) is 12.0. The van der Waals surface area contributed by atoms with Gasteiger partial charge in [0.2, 0.25) is 0 Å². The van der Waals surface area contributed by atoms with Crippen molar-refractivity contribution in [3.05, 3.63) is 33.8 Å². The summed E-state index contributed by atoms with van der Waals surface area (Å²) in [5, 5.41) is 7.59. The average molecular weight is 299 g/mol. The Labute approximate surface area is 122 Å². The van der Waals surface area contributed by atoms with E-state index in [2.05, 4.69) is 10.6 Å². The van der Waals surface area contributed by atoms with Crippen LogP contribution in [0.3, 0.4) is 0 Å². The van der Waals surface area contributed by atoms with Gasteiger partial charge < -0.3 is 10.6 Å². The van der Waals surface area contributed by atoms with Gasteiger partial charge in [0, 0.05) is 23.1 Å². The number of benzene rings is 1. The molecule has 0 aliphatic carbocycles. The third-order valence-corrected chi connectivity index (χ3v) is 4.53. The minimum Gasteiger partial charge on any atom is -0.349 e. The lowest BCUT2D eigenvalue weighted by atomic mass is 9.99. The summed E-state index contributed by atoms with van der Waals surface area (Å²) in [6.07, 6.45) is 4.46. The molecule has 2 aliphatic heterocycles. The molecule has 1 amide bonds. The van der Waals surface area contributed by atoms with E-state index in [0.717, 1.165) is 12.8 Å². The van der Waals surface area contributed by atoms with Crippen LogP contribution in [-0.4, -0.2) is 24.0 Å². The van der Waals surface area contributed by atoms with E-state index >= 15 is 0 Å². The number of amides is 1. The number of hydrogen-bond acceptors (Lipinski definition) is 2. The van der Waals surface area contributed by atoms with Crippen molar-refractivity contribution in [2.24, 2.45) is 0 Å². The third-order valence-electron chi connectivity index (χ3n) is 3.98. The summed E-state index contributed by atoms with van der Waals surface area (Å²) < 4.78 is 0. The van der Waals surface area contributed by atoms with E-state index in [4.69, 9.17) is 23.2 Å². The first kappa shape index (κ1) is 13.2. The fourth-order valence-electron chi connectivity index (χ4n) is 3.11. The molecule has 0 saturated carbocycles. The first-order valence-electron chi connectivity index (χ1n) is 6.64. The molecule has 5 heteroatoms. The smallest absolute Gasteiger partial charge is 0.253 e. The molecule has 3 rings (SSSR count). The zero-order chi connectivity index (χ0) is 13.4. The van der Waals surface area contributed by atoms with E-state index in [1.54, 1.807) is 18.2 Å². The molecule has 1 aromatic rings. The highest BCUT2D eigenvalue weighted by Crippen LogP contribution is 2.27. The molecule has 0 aromatic heterocycles. The Morgan fingerprint density at radius 1 is 1.21 bits per heavy atom. The number of nitrogens with one attached hydrogen (secondary N) is 2. The fourth-order valence-corrected chi connectivity index (χ4v) is 3.61. The lowest BCUT2D eigenvalue weighted by molar-refractivity contribution is 0.0924. The molecule has 2 unspecified atom stereocenters. The molecule has 19 heavy (non-hydrogen) atoms. The van der Waals surface area contributed by atoms with Crippen molar-refractivity contribution in [3.63, 3.8) is 0 Å². The molecule has 2 fully saturated rings. The van der Waals surface area contributed by atoms with Gasteiger partial charge in [0.05, 0.1) is 10.6 Å². The third kappa shape index (κ3) is 2.88. The van der Waals surface area contributed by atoms with Crippen LogP contribution in [0.15, 0.2) is 18.2 Å².